The molecule has 156 valence electrons. The minimum absolute atomic E-state index is 0.0511. The van der Waals surface area contributed by atoms with E-state index < -0.39 is 0 Å². The van der Waals surface area contributed by atoms with E-state index >= 15 is 0 Å². The van der Waals surface area contributed by atoms with Crippen LogP contribution in [-0.2, 0) is 18.3 Å². The summed E-state index contributed by atoms with van der Waals surface area (Å²) in [6.07, 6.45) is 0.817. The number of benzene rings is 2. The molecule has 0 unspecified atom stereocenters. The van der Waals surface area contributed by atoms with Gasteiger partial charge in [-0.2, -0.15) is 0 Å². The van der Waals surface area contributed by atoms with Gasteiger partial charge >= 0.3 is 0 Å². The van der Waals surface area contributed by atoms with Gasteiger partial charge in [0.15, 0.2) is 11.5 Å². The second kappa shape index (κ2) is 8.28. The zero-order valence-corrected chi connectivity index (χ0v) is 17.5. The van der Waals surface area contributed by atoms with Crippen LogP contribution in [0.25, 0.3) is 5.69 Å². The van der Waals surface area contributed by atoms with Gasteiger partial charge in [0.1, 0.15) is 5.69 Å². The molecule has 7 nitrogen and oxygen atoms in total. The number of carbonyl (C=O) groups is 1. The van der Waals surface area contributed by atoms with Gasteiger partial charge in [-0.3, -0.25) is 14.3 Å². The van der Waals surface area contributed by atoms with E-state index in [-0.39, 0.29) is 23.6 Å². The Morgan fingerprint density at radius 3 is 2.67 bits per heavy atom. The summed E-state index contributed by atoms with van der Waals surface area (Å²) in [5.41, 5.74) is 2.04. The van der Waals surface area contributed by atoms with Crippen molar-refractivity contribution >= 4 is 23.2 Å². The number of fused-ring (bicyclic) bond motifs is 1. The van der Waals surface area contributed by atoms with Gasteiger partial charge in [-0.15, -0.1) is 0 Å². The Morgan fingerprint density at radius 1 is 1.17 bits per heavy atom. The summed E-state index contributed by atoms with van der Waals surface area (Å²) in [4.78, 5) is 25.7. The molecule has 0 saturated heterocycles. The van der Waals surface area contributed by atoms with Crippen LogP contribution in [0.3, 0.4) is 0 Å². The molecule has 0 fully saturated rings. The third-order valence-electron chi connectivity index (χ3n) is 5.05. The maximum Gasteiger partial charge on any atom is 0.295 e. The molecular formula is C22H22ClN3O4. The van der Waals surface area contributed by atoms with Crippen molar-refractivity contribution in [2.75, 3.05) is 18.5 Å². The van der Waals surface area contributed by atoms with Crippen molar-refractivity contribution in [1.29, 1.82) is 0 Å². The lowest BCUT2D eigenvalue weighted by atomic mass is 10.1. The second-order valence-electron chi connectivity index (χ2n) is 7.12. The molecule has 0 spiro atoms. The molecule has 0 radical (unpaired) electrons. The van der Waals surface area contributed by atoms with Crippen LogP contribution in [0.2, 0.25) is 5.02 Å². The van der Waals surface area contributed by atoms with Gasteiger partial charge < -0.3 is 14.8 Å². The first-order chi connectivity index (χ1) is 14.5. The van der Waals surface area contributed by atoms with Gasteiger partial charge in [0, 0.05) is 13.5 Å². The molecule has 0 bridgehead atoms. The Balaban J connectivity index is 1.58. The summed E-state index contributed by atoms with van der Waals surface area (Å²) < 4.78 is 14.5. The quantitative estimate of drug-likeness (QED) is 0.691. The maximum absolute atomic E-state index is 13.0. The van der Waals surface area contributed by atoms with Crippen LogP contribution in [0.1, 0.15) is 17.7 Å². The molecule has 8 heteroatoms. The average Bonchev–Trinajstić information content (AvgIpc) is 2.89. The highest BCUT2D eigenvalue weighted by Crippen LogP contribution is 2.38. The first-order valence-corrected chi connectivity index (χ1v) is 10.1. The van der Waals surface area contributed by atoms with E-state index in [0.29, 0.717) is 41.0 Å². The van der Waals surface area contributed by atoms with E-state index in [9.17, 15) is 9.59 Å². The largest absolute Gasteiger partial charge is 0.489 e. The summed E-state index contributed by atoms with van der Waals surface area (Å²) >= 11 is 6.31. The number of aromatic nitrogens is 2. The molecule has 1 amide bonds. The van der Waals surface area contributed by atoms with E-state index in [1.54, 1.807) is 30.8 Å². The van der Waals surface area contributed by atoms with Crippen molar-refractivity contribution in [3.8, 4) is 17.2 Å². The highest BCUT2D eigenvalue weighted by atomic mass is 35.5. The van der Waals surface area contributed by atoms with Gasteiger partial charge in [0.2, 0.25) is 5.91 Å². The SMILES string of the molecule is Cc1c(NC(=O)Cc2cc(Cl)c3c(c2)OCCCO3)c(=O)n(-c2ccccc2)n1C. The number of carbonyl (C=O) groups excluding carboxylic acids is 1. The lowest BCUT2D eigenvalue weighted by molar-refractivity contribution is -0.115. The third-order valence-corrected chi connectivity index (χ3v) is 5.33. The Bertz CT molecular complexity index is 1150. The Labute approximate surface area is 178 Å². The molecule has 1 aliphatic heterocycles. The predicted molar refractivity (Wildman–Crippen MR) is 115 cm³/mol. The normalized spacial score (nSPS) is 13.0. The van der Waals surface area contributed by atoms with Gasteiger partial charge in [-0.1, -0.05) is 29.8 Å². The number of halogens is 1. The number of anilines is 1. The highest BCUT2D eigenvalue weighted by Gasteiger charge is 2.20. The second-order valence-corrected chi connectivity index (χ2v) is 7.52. The molecule has 30 heavy (non-hydrogen) atoms. The van der Waals surface area contributed by atoms with Crippen LogP contribution in [0.5, 0.6) is 11.5 Å². The first-order valence-electron chi connectivity index (χ1n) is 9.67. The van der Waals surface area contributed by atoms with Gasteiger partial charge in [0.25, 0.3) is 5.56 Å². The van der Waals surface area contributed by atoms with E-state index in [4.69, 9.17) is 21.1 Å². The predicted octanol–water partition coefficient (Wildman–Crippen LogP) is 3.48. The molecule has 1 aromatic heterocycles. The van der Waals surface area contributed by atoms with Crippen LogP contribution in [-0.4, -0.2) is 28.5 Å². The summed E-state index contributed by atoms with van der Waals surface area (Å²) in [6, 6.07) is 12.7. The maximum atomic E-state index is 13.0. The van der Waals surface area contributed by atoms with E-state index in [1.807, 2.05) is 30.3 Å². The lowest BCUT2D eigenvalue weighted by Gasteiger charge is -2.11. The molecule has 3 aromatic rings. The fourth-order valence-electron chi connectivity index (χ4n) is 3.47. The van der Waals surface area contributed by atoms with Crippen LogP contribution in [0.15, 0.2) is 47.3 Å². The summed E-state index contributed by atoms with van der Waals surface area (Å²) in [6.45, 7) is 2.86. The molecule has 0 atom stereocenters. The zero-order chi connectivity index (χ0) is 21.3. The number of nitrogens with one attached hydrogen (secondary N) is 1. The van der Waals surface area contributed by atoms with Crippen molar-refractivity contribution in [3.05, 3.63) is 69.1 Å². The number of rotatable bonds is 4. The van der Waals surface area contributed by atoms with Crippen LogP contribution in [0, 0.1) is 6.92 Å². The van der Waals surface area contributed by atoms with Crippen LogP contribution < -0.4 is 20.3 Å². The summed E-state index contributed by atoms with van der Waals surface area (Å²) in [5, 5.41) is 3.16. The van der Waals surface area contributed by atoms with Crippen LogP contribution >= 0.6 is 11.6 Å². The Kier molecular flexibility index (Phi) is 5.55. The Morgan fingerprint density at radius 2 is 1.90 bits per heavy atom. The zero-order valence-electron chi connectivity index (χ0n) is 16.8. The van der Waals surface area contributed by atoms with Gasteiger partial charge in [0.05, 0.1) is 36.0 Å². The molecule has 1 aliphatic rings. The molecule has 4 rings (SSSR count). The smallest absolute Gasteiger partial charge is 0.295 e. The van der Waals surface area contributed by atoms with Crippen molar-refractivity contribution in [1.82, 2.24) is 9.36 Å². The van der Waals surface area contributed by atoms with Crippen molar-refractivity contribution < 1.29 is 14.3 Å². The molecule has 2 heterocycles. The van der Waals surface area contributed by atoms with Gasteiger partial charge in [-0.25, -0.2) is 4.68 Å². The fraction of sp³-hybridized carbons (Fsp3) is 0.273. The topological polar surface area (TPSA) is 74.5 Å². The van der Waals surface area contributed by atoms with Crippen molar-refractivity contribution in [3.63, 3.8) is 0 Å². The van der Waals surface area contributed by atoms with Crippen LogP contribution in [0.4, 0.5) is 5.69 Å². The first kappa shape index (κ1) is 20.1. The minimum atomic E-state index is -0.313. The summed E-state index contributed by atoms with van der Waals surface area (Å²) in [7, 11) is 1.78. The van der Waals surface area contributed by atoms with E-state index in [1.165, 1.54) is 4.68 Å². The number of hydrogen-bond acceptors (Lipinski definition) is 4. The molecule has 0 saturated carbocycles. The average molecular weight is 428 g/mol. The Hall–Kier alpha value is -3.19. The third kappa shape index (κ3) is 3.80. The molecule has 2 aromatic carbocycles. The highest BCUT2D eigenvalue weighted by molar-refractivity contribution is 6.32. The van der Waals surface area contributed by atoms with Crippen molar-refractivity contribution in [2.24, 2.45) is 7.05 Å². The lowest BCUT2D eigenvalue weighted by Crippen LogP contribution is -2.23. The fourth-order valence-corrected chi connectivity index (χ4v) is 3.76. The number of para-hydroxylation sites is 1. The minimum Gasteiger partial charge on any atom is -0.489 e. The molecule has 0 aliphatic carbocycles. The standard InChI is InChI=1S/C22H22ClN3O4/c1-14-20(22(28)26(25(14)2)16-7-4-3-5-8-16)24-19(27)13-15-11-17(23)21-18(12-15)29-9-6-10-30-21/h3-5,7-8,11-12H,6,9-10,13H2,1-2H3,(H,24,27). The number of ether oxygens (including phenoxy) is 2. The van der Waals surface area contributed by atoms with E-state index in [0.717, 1.165) is 12.1 Å². The number of amides is 1. The van der Waals surface area contributed by atoms with Crippen molar-refractivity contribution in [2.45, 2.75) is 19.8 Å². The van der Waals surface area contributed by atoms with Gasteiger partial charge in [-0.05, 0) is 36.8 Å². The number of hydrogen-bond donors (Lipinski definition) is 1. The molecular weight excluding hydrogens is 406 g/mol. The monoisotopic (exact) mass is 427 g/mol. The number of nitrogens with zero attached hydrogens (tertiary/aromatic N) is 2. The summed E-state index contributed by atoms with van der Waals surface area (Å²) in [5.74, 6) is 0.722. The van der Waals surface area contributed by atoms with E-state index in [2.05, 4.69) is 5.32 Å². The molecule has 1 N–H and O–H groups in total.